The van der Waals surface area contributed by atoms with Gasteiger partial charge in [0.15, 0.2) is 0 Å². The fourth-order valence-corrected chi connectivity index (χ4v) is 5.06. The maximum atomic E-state index is 12.1. The fourth-order valence-electron chi connectivity index (χ4n) is 4.13. The van der Waals surface area contributed by atoms with Crippen LogP contribution in [0.4, 0.5) is 0 Å². The number of quaternary nitrogens is 1. The van der Waals surface area contributed by atoms with Crippen molar-refractivity contribution in [3.8, 4) is 0 Å². The summed E-state index contributed by atoms with van der Waals surface area (Å²) in [6.07, 6.45) is 18.3. The zero-order valence-electron chi connectivity index (χ0n) is 22.6. The third kappa shape index (κ3) is 18.3. The lowest BCUT2D eigenvalue weighted by Crippen LogP contribution is -2.38. The van der Waals surface area contributed by atoms with Crippen LogP contribution in [0.15, 0.2) is 0 Å². The van der Waals surface area contributed by atoms with E-state index in [-0.39, 0.29) is 12.7 Å². The van der Waals surface area contributed by atoms with Crippen molar-refractivity contribution in [2.45, 2.75) is 115 Å². The van der Waals surface area contributed by atoms with Crippen molar-refractivity contribution in [1.82, 2.24) is 0 Å². The topological polar surface area (TPSA) is 77.1 Å². The van der Waals surface area contributed by atoms with Gasteiger partial charge >= 0.3 is 0 Å². The number of likely N-dealkylation sites (N-methyl/N-ethyl adjacent to an activating group) is 1. The number of nitrogens with zero attached hydrogens (tertiary/aromatic N) is 1. The first-order valence-electron chi connectivity index (χ1n) is 13.9. The molecule has 1 unspecified atom stereocenters. The van der Waals surface area contributed by atoms with Crippen LogP contribution in [0, 0.1) is 0 Å². The number of hydrogen-bond acceptors (Lipinski definition) is 6. The minimum absolute atomic E-state index is 0.109. The Balaban J connectivity index is 1.96. The molecule has 0 saturated carbocycles. The Bertz CT molecular complexity index is 528. The maximum absolute atomic E-state index is 12.1. The Labute approximate surface area is 210 Å². The summed E-state index contributed by atoms with van der Waals surface area (Å²) in [6.45, 7) is 4.49. The third-order valence-electron chi connectivity index (χ3n) is 6.35. The van der Waals surface area contributed by atoms with Crippen molar-refractivity contribution in [3.05, 3.63) is 0 Å². The van der Waals surface area contributed by atoms with E-state index in [1.165, 1.54) is 83.5 Å². The Morgan fingerprint density at radius 2 is 1.38 bits per heavy atom. The zero-order chi connectivity index (χ0) is 25.1. The van der Waals surface area contributed by atoms with Gasteiger partial charge in [0.25, 0.3) is 7.82 Å². The van der Waals surface area contributed by atoms with E-state index < -0.39 is 13.9 Å². The molecule has 0 aromatic carbocycles. The van der Waals surface area contributed by atoms with E-state index in [9.17, 15) is 9.46 Å². The van der Waals surface area contributed by atoms with Crippen LogP contribution >= 0.6 is 7.82 Å². The predicted molar refractivity (Wildman–Crippen MR) is 137 cm³/mol. The molecule has 0 aromatic rings. The summed E-state index contributed by atoms with van der Waals surface area (Å²) in [5.74, 6) is 0. The summed E-state index contributed by atoms with van der Waals surface area (Å²) < 4.78 is 34.4. The summed E-state index contributed by atoms with van der Waals surface area (Å²) in [7, 11) is 1.61. The lowest BCUT2D eigenvalue weighted by atomic mass is 10.0. The molecule has 7 nitrogen and oxygen atoms in total. The first-order valence-corrected chi connectivity index (χ1v) is 15.3. The summed E-state index contributed by atoms with van der Waals surface area (Å²) >= 11 is 0. The zero-order valence-corrected chi connectivity index (χ0v) is 23.5. The molecular weight excluding hydrogens is 453 g/mol. The van der Waals surface area contributed by atoms with Crippen LogP contribution < -0.4 is 4.89 Å². The monoisotopic (exact) mass is 507 g/mol. The van der Waals surface area contributed by atoms with Crippen LogP contribution in [0.2, 0.25) is 0 Å². The van der Waals surface area contributed by atoms with Crippen molar-refractivity contribution in [2.24, 2.45) is 0 Å². The smallest absolute Gasteiger partial charge is 0.268 e. The highest BCUT2D eigenvalue weighted by Crippen LogP contribution is 2.42. The van der Waals surface area contributed by atoms with Crippen LogP contribution in [0.25, 0.3) is 0 Å². The molecular formula is C26H54NO6P. The molecule has 0 aromatic heterocycles. The number of ether oxygens (including phenoxy) is 2. The van der Waals surface area contributed by atoms with Gasteiger partial charge in [0, 0.05) is 19.6 Å². The molecule has 0 amide bonds. The minimum Gasteiger partial charge on any atom is -0.756 e. The van der Waals surface area contributed by atoms with Crippen molar-refractivity contribution in [2.75, 3.05) is 54.1 Å². The van der Waals surface area contributed by atoms with Gasteiger partial charge in [-0.15, -0.1) is 0 Å². The van der Waals surface area contributed by atoms with Crippen molar-refractivity contribution < 1.29 is 32.5 Å². The lowest BCUT2D eigenvalue weighted by Gasteiger charge is -2.30. The molecule has 1 aliphatic rings. The van der Waals surface area contributed by atoms with Crippen LogP contribution in [-0.4, -0.2) is 70.8 Å². The molecule has 0 spiro atoms. The van der Waals surface area contributed by atoms with E-state index in [2.05, 4.69) is 6.92 Å². The van der Waals surface area contributed by atoms with Gasteiger partial charge in [-0.3, -0.25) is 4.57 Å². The molecule has 0 radical (unpaired) electrons. The second-order valence-electron chi connectivity index (χ2n) is 10.8. The van der Waals surface area contributed by atoms with Gasteiger partial charge in [0.05, 0.1) is 33.9 Å². The van der Waals surface area contributed by atoms with Gasteiger partial charge in [-0.25, -0.2) is 0 Å². The minimum atomic E-state index is -4.34. The lowest BCUT2D eigenvalue weighted by molar-refractivity contribution is -0.870. The van der Waals surface area contributed by atoms with Gasteiger partial charge in [-0.2, -0.15) is 0 Å². The Morgan fingerprint density at radius 3 is 1.91 bits per heavy atom. The van der Waals surface area contributed by atoms with Gasteiger partial charge in [-0.05, 0) is 6.42 Å². The Hall–Kier alpha value is -0.0100. The van der Waals surface area contributed by atoms with E-state index in [0.717, 1.165) is 6.42 Å². The molecule has 1 aliphatic heterocycles. The highest BCUT2D eigenvalue weighted by atomic mass is 31.2. The number of phosphoric ester groups is 1. The first kappa shape index (κ1) is 32.0. The number of unbranched alkanes of at least 4 members (excludes halogenated alkanes) is 13. The van der Waals surface area contributed by atoms with Crippen LogP contribution in [0.5, 0.6) is 0 Å². The highest BCUT2D eigenvalue weighted by molar-refractivity contribution is 7.45. The average molecular weight is 508 g/mol. The quantitative estimate of drug-likeness (QED) is 0.0981. The van der Waals surface area contributed by atoms with Gasteiger partial charge in [-0.1, -0.05) is 90.4 Å². The van der Waals surface area contributed by atoms with Crippen molar-refractivity contribution in [1.29, 1.82) is 0 Å². The van der Waals surface area contributed by atoms with Gasteiger partial charge in [0.2, 0.25) is 0 Å². The number of hydrogen-bond donors (Lipinski definition) is 0. The molecule has 0 aliphatic carbocycles. The SMILES string of the molecule is CCCCCCCCCCCCCCCCOC[C@H]1OCC[C@@H]1OP(=O)([O-])OCC[N+](C)(C)C. The highest BCUT2D eigenvalue weighted by Gasteiger charge is 2.32. The molecule has 3 atom stereocenters. The summed E-state index contributed by atoms with van der Waals surface area (Å²) in [4.78, 5) is 12.1. The van der Waals surface area contributed by atoms with Crippen molar-refractivity contribution >= 4 is 7.82 Å². The van der Waals surface area contributed by atoms with E-state index in [1.54, 1.807) is 0 Å². The second-order valence-corrected chi connectivity index (χ2v) is 12.2. The maximum Gasteiger partial charge on any atom is 0.268 e. The second kappa shape index (κ2) is 19.1. The Morgan fingerprint density at radius 1 is 0.853 bits per heavy atom. The standard InChI is InChI=1S/C26H54NO6P/c1-5-6-7-8-9-10-11-12-13-14-15-16-17-18-21-30-24-26-25(19-22-31-26)33-34(28,29)32-23-20-27(2,3)4/h25-26H,5-24H2,1-4H3/t25-,26+/m0/s1. The largest absolute Gasteiger partial charge is 0.756 e. The third-order valence-corrected chi connectivity index (χ3v) is 7.38. The van der Waals surface area contributed by atoms with Gasteiger partial charge in [0.1, 0.15) is 19.3 Å². The summed E-state index contributed by atoms with van der Waals surface area (Å²) in [5, 5.41) is 0. The molecule has 8 heteroatoms. The molecule has 1 rings (SSSR count). The van der Waals surface area contributed by atoms with E-state index in [1.807, 2.05) is 21.1 Å². The molecule has 34 heavy (non-hydrogen) atoms. The molecule has 204 valence electrons. The van der Waals surface area contributed by atoms with Crippen LogP contribution in [-0.2, 0) is 23.1 Å². The van der Waals surface area contributed by atoms with Crippen LogP contribution in [0.3, 0.4) is 0 Å². The molecule has 0 bridgehead atoms. The van der Waals surface area contributed by atoms with Crippen LogP contribution in [0.1, 0.15) is 103 Å². The summed E-state index contributed by atoms with van der Waals surface area (Å²) in [5.41, 5.74) is 0. The fraction of sp³-hybridized carbons (Fsp3) is 1.00. The van der Waals surface area contributed by atoms with E-state index in [0.29, 0.717) is 37.3 Å². The van der Waals surface area contributed by atoms with Crippen molar-refractivity contribution in [3.63, 3.8) is 0 Å². The first-order chi connectivity index (χ1) is 16.2. The number of rotatable bonds is 23. The molecule has 1 fully saturated rings. The molecule has 0 N–H and O–H groups in total. The van der Waals surface area contributed by atoms with E-state index >= 15 is 0 Å². The average Bonchev–Trinajstić information content (AvgIpc) is 3.18. The molecule has 1 heterocycles. The predicted octanol–water partition coefficient (Wildman–Crippen LogP) is 5.85. The van der Waals surface area contributed by atoms with E-state index in [4.69, 9.17) is 18.5 Å². The Kier molecular flexibility index (Phi) is 18.0. The van der Waals surface area contributed by atoms with Gasteiger partial charge < -0.3 is 27.9 Å². The number of phosphoric acid groups is 1. The molecule has 1 saturated heterocycles. The summed E-state index contributed by atoms with van der Waals surface area (Å²) in [6, 6.07) is 0. The normalized spacial score (nSPS) is 20.6.